The number of rotatable bonds is 3. The zero-order valence-electron chi connectivity index (χ0n) is 10.1. The number of hydrogen-bond acceptors (Lipinski definition) is 4. The number of hydrogen-bond donors (Lipinski definition) is 1. The molecular formula is C11H12ClN3O3S. The van der Waals surface area contributed by atoms with Gasteiger partial charge in [-0.25, -0.2) is 18.1 Å². The van der Waals surface area contributed by atoms with Crippen molar-refractivity contribution in [3.05, 3.63) is 29.8 Å². The minimum Gasteiger partial charge on any atom is -0.377 e. The summed E-state index contributed by atoms with van der Waals surface area (Å²) in [5.74, 6) is 0. The van der Waals surface area contributed by atoms with Crippen LogP contribution in [0.1, 0.15) is 6.92 Å². The third-order valence-corrected chi connectivity index (χ3v) is 4.89. The van der Waals surface area contributed by atoms with E-state index in [1.54, 1.807) is 17.5 Å². The molecule has 2 aromatic heterocycles. The van der Waals surface area contributed by atoms with E-state index >= 15 is 0 Å². The second-order valence-electron chi connectivity index (χ2n) is 4.87. The molecule has 1 aliphatic heterocycles. The molecule has 1 N–H and O–H groups in total. The standard InChI is InChI=1S/C11H12ClN3O3S/c1-11(5-18-6-11)14-19(16,17)8-2-9(12)10-3-13-7-15(10)4-8/h2-4,7,14H,5-6H2,1H3. The fourth-order valence-electron chi connectivity index (χ4n) is 1.96. The molecule has 1 fully saturated rings. The van der Waals surface area contributed by atoms with Gasteiger partial charge in [-0.15, -0.1) is 0 Å². The van der Waals surface area contributed by atoms with E-state index in [0.29, 0.717) is 23.8 Å². The Bertz CT molecular complexity index is 737. The molecule has 0 saturated carbocycles. The molecule has 0 amide bonds. The Labute approximate surface area is 115 Å². The first kappa shape index (κ1) is 12.9. The topological polar surface area (TPSA) is 72.7 Å². The summed E-state index contributed by atoms with van der Waals surface area (Å²) in [4.78, 5) is 4.04. The summed E-state index contributed by atoms with van der Waals surface area (Å²) in [7, 11) is -3.63. The Hall–Kier alpha value is -1.15. The number of halogens is 1. The van der Waals surface area contributed by atoms with Gasteiger partial charge in [-0.1, -0.05) is 11.6 Å². The van der Waals surface area contributed by atoms with Crippen LogP contribution in [-0.2, 0) is 14.8 Å². The first-order valence-electron chi connectivity index (χ1n) is 5.63. The van der Waals surface area contributed by atoms with Crippen molar-refractivity contribution in [1.29, 1.82) is 0 Å². The van der Waals surface area contributed by atoms with Crippen LogP contribution in [0.4, 0.5) is 0 Å². The number of pyridine rings is 1. The normalized spacial score (nSPS) is 18.4. The highest BCUT2D eigenvalue weighted by atomic mass is 35.5. The number of fused-ring (bicyclic) bond motifs is 1. The highest BCUT2D eigenvalue weighted by Gasteiger charge is 2.38. The molecule has 2 aromatic rings. The molecule has 0 aromatic carbocycles. The molecule has 0 radical (unpaired) electrons. The van der Waals surface area contributed by atoms with Gasteiger partial charge in [-0.05, 0) is 13.0 Å². The Morgan fingerprint density at radius 2 is 2.26 bits per heavy atom. The largest absolute Gasteiger partial charge is 0.377 e. The molecule has 1 saturated heterocycles. The van der Waals surface area contributed by atoms with Crippen molar-refractivity contribution in [3.63, 3.8) is 0 Å². The third kappa shape index (κ3) is 2.23. The average molecular weight is 302 g/mol. The quantitative estimate of drug-likeness (QED) is 0.920. The predicted octanol–water partition coefficient (Wildman–Crippen LogP) is 1.05. The van der Waals surface area contributed by atoms with E-state index in [2.05, 4.69) is 9.71 Å². The fraction of sp³-hybridized carbons (Fsp3) is 0.364. The fourth-order valence-corrected chi connectivity index (χ4v) is 3.70. The van der Waals surface area contributed by atoms with Crippen LogP contribution in [0, 0.1) is 0 Å². The second kappa shape index (κ2) is 4.17. The first-order chi connectivity index (χ1) is 8.90. The summed E-state index contributed by atoms with van der Waals surface area (Å²) in [6.07, 6.45) is 4.57. The monoisotopic (exact) mass is 301 g/mol. The molecule has 19 heavy (non-hydrogen) atoms. The van der Waals surface area contributed by atoms with Crippen LogP contribution in [0.15, 0.2) is 29.7 Å². The maximum absolute atomic E-state index is 12.3. The van der Waals surface area contributed by atoms with Crippen molar-refractivity contribution in [2.24, 2.45) is 0 Å². The van der Waals surface area contributed by atoms with Gasteiger partial charge in [0, 0.05) is 6.20 Å². The van der Waals surface area contributed by atoms with E-state index < -0.39 is 15.6 Å². The maximum Gasteiger partial charge on any atom is 0.242 e. The van der Waals surface area contributed by atoms with E-state index in [-0.39, 0.29) is 4.90 Å². The van der Waals surface area contributed by atoms with E-state index in [4.69, 9.17) is 16.3 Å². The highest BCUT2D eigenvalue weighted by Crippen LogP contribution is 2.24. The van der Waals surface area contributed by atoms with E-state index in [9.17, 15) is 8.42 Å². The van der Waals surface area contributed by atoms with Crippen molar-refractivity contribution in [3.8, 4) is 0 Å². The molecule has 0 spiro atoms. The van der Waals surface area contributed by atoms with Crippen molar-refractivity contribution in [1.82, 2.24) is 14.1 Å². The van der Waals surface area contributed by atoms with Crippen LogP contribution >= 0.6 is 11.6 Å². The molecular weight excluding hydrogens is 290 g/mol. The molecule has 6 nitrogen and oxygen atoms in total. The lowest BCUT2D eigenvalue weighted by atomic mass is 10.0. The minimum atomic E-state index is -3.63. The molecule has 1 aliphatic rings. The smallest absolute Gasteiger partial charge is 0.242 e. The molecule has 3 rings (SSSR count). The molecule has 0 bridgehead atoms. The zero-order valence-corrected chi connectivity index (χ0v) is 11.7. The van der Waals surface area contributed by atoms with E-state index in [1.165, 1.54) is 18.6 Å². The lowest BCUT2D eigenvalue weighted by molar-refractivity contribution is -0.0523. The summed E-state index contributed by atoms with van der Waals surface area (Å²) in [6.45, 7) is 2.53. The van der Waals surface area contributed by atoms with Gasteiger partial charge in [0.25, 0.3) is 0 Å². The Kier molecular flexibility index (Phi) is 2.82. The summed E-state index contributed by atoms with van der Waals surface area (Å²) in [6, 6.07) is 1.42. The third-order valence-electron chi connectivity index (χ3n) is 2.98. The van der Waals surface area contributed by atoms with Gasteiger partial charge in [0.15, 0.2) is 0 Å². The van der Waals surface area contributed by atoms with Gasteiger partial charge in [-0.3, -0.25) is 0 Å². The van der Waals surface area contributed by atoms with Crippen molar-refractivity contribution in [2.45, 2.75) is 17.4 Å². The summed E-state index contributed by atoms with van der Waals surface area (Å²) < 4.78 is 33.8. The van der Waals surface area contributed by atoms with Crippen LogP contribution in [0.3, 0.4) is 0 Å². The number of ether oxygens (including phenoxy) is 1. The Morgan fingerprint density at radius 3 is 2.89 bits per heavy atom. The van der Waals surface area contributed by atoms with Gasteiger partial charge >= 0.3 is 0 Å². The lowest BCUT2D eigenvalue weighted by Gasteiger charge is -2.38. The highest BCUT2D eigenvalue weighted by molar-refractivity contribution is 7.89. The first-order valence-corrected chi connectivity index (χ1v) is 7.49. The van der Waals surface area contributed by atoms with Crippen molar-refractivity contribution >= 4 is 27.1 Å². The summed E-state index contributed by atoms with van der Waals surface area (Å²) >= 11 is 6.05. The second-order valence-corrected chi connectivity index (χ2v) is 6.96. The molecule has 0 atom stereocenters. The number of nitrogens with zero attached hydrogens (tertiary/aromatic N) is 2. The van der Waals surface area contributed by atoms with Gasteiger partial charge < -0.3 is 9.14 Å². The van der Waals surface area contributed by atoms with Crippen LogP contribution < -0.4 is 4.72 Å². The SMILES string of the molecule is CC1(NS(=O)(=O)c2cc(Cl)c3cncn3c2)COC1. The van der Waals surface area contributed by atoms with Crippen LogP contribution in [-0.4, -0.2) is 36.6 Å². The number of nitrogens with one attached hydrogen (secondary N) is 1. The molecule has 0 unspecified atom stereocenters. The Morgan fingerprint density at radius 1 is 1.53 bits per heavy atom. The number of aromatic nitrogens is 2. The maximum atomic E-state index is 12.3. The summed E-state index contributed by atoms with van der Waals surface area (Å²) in [5.41, 5.74) is 0.119. The summed E-state index contributed by atoms with van der Waals surface area (Å²) in [5, 5.41) is 0.343. The molecule has 102 valence electrons. The van der Waals surface area contributed by atoms with Gasteiger partial charge in [-0.2, -0.15) is 0 Å². The average Bonchev–Trinajstić information content (AvgIpc) is 2.75. The van der Waals surface area contributed by atoms with Gasteiger partial charge in [0.05, 0.1) is 41.8 Å². The molecule has 8 heteroatoms. The number of imidazole rings is 1. The van der Waals surface area contributed by atoms with Crippen molar-refractivity contribution < 1.29 is 13.2 Å². The lowest BCUT2D eigenvalue weighted by Crippen LogP contribution is -2.59. The van der Waals surface area contributed by atoms with Crippen molar-refractivity contribution in [2.75, 3.05) is 13.2 Å². The Balaban J connectivity index is 2.02. The minimum absolute atomic E-state index is 0.108. The molecule has 0 aliphatic carbocycles. The van der Waals surface area contributed by atoms with E-state index in [0.717, 1.165) is 0 Å². The van der Waals surface area contributed by atoms with Gasteiger partial charge in [0.2, 0.25) is 10.0 Å². The zero-order chi connectivity index (χ0) is 13.7. The molecule has 3 heterocycles. The van der Waals surface area contributed by atoms with Crippen LogP contribution in [0.25, 0.3) is 5.52 Å². The number of sulfonamides is 1. The van der Waals surface area contributed by atoms with Crippen LogP contribution in [0.5, 0.6) is 0 Å². The predicted molar refractivity (Wildman–Crippen MR) is 69.7 cm³/mol. The van der Waals surface area contributed by atoms with E-state index in [1.807, 2.05) is 0 Å². The van der Waals surface area contributed by atoms with Gasteiger partial charge in [0.1, 0.15) is 4.90 Å². The van der Waals surface area contributed by atoms with Crippen LogP contribution in [0.2, 0.25) is 5.02 Å².